The molecule has 0 unspecified atom stereocenters. The van der Waals surface area contributed by atoms with Crippen molar-refractivity contribution in [1.82, 2.24) is 16.0 Å². The molecule has 0 radical (unpaired) electrons. The van der Waals surface area contributed by atoms with Gasteiger partial charge in [0, 0.05) is 0 Å². The molecule has 2 amide bonds. The van der Waals surface area contributed by atoms with Crippen molar-refractivity contribution < 1.29 is 18.8 Å². The summed E-state index contributed by atoms with van der Waals surface area (Å²) in [5, 5.41) is 3.68. The van der Waals surface area contributed by atoms with Gasteiger partial charge in [-0.3, -0.25) is 20.4 Å². The molecule has 7 heteroatoms. The zero-order valence-electron chi connectivity index (χ0n) is 13.5. The molecule has 0 spiro atoms. The van der Waals surface area contributed by atoms with Gasteiger partial charge in [0.05, 0.1) is 5.69 Å². The maximum absolute atomic E-state index is 11.9. The molecule has 0 saturated carbocycles. The van der Waals surface area contributed by atoms with Crippen LogP contribution in [0.3, 0.4) is 0 Å². The Morgan fingerprint density at radius 1 is 1.09 bits per heavy atom. The lowest BCUT2D eigenvalue weighted by atomic mass is 10.1. The molecule has 0 saturated heterocycles. The smallest absolute Gasteiger partial charge is 0.276 e. The lowest BCUT2D eigenvalue weighted by Gasteiger charge is -2.09. The van der Waals surface area contributed by atoms with Crippen molar-refractivity contribution >= 4 is 11.8 Å². The van der Waals surface area contributed by atoms with Gasteiger partial charge in [0.2, 0.25) is 0 Å². The molecule has 0 aliphatic carbocycles. The number of hydrogen-bond donors (Lipinski definition) is 2. The fraction of sp³-hybridized carbons (Fsp3) is 0.312. The Morgan fingerprint density at radius 2 is 1.74 bits per heavy atom. The molecule has 1 aromatic carbocycles. The topological polar surface area (TPSA) is 93.5 Å². The monoisotopic (exact) mass is 317 g/mol. The summed E-state index contributed by atoms with van der Waals surface area (Å²) in [6.45, 7) is 6.97. The van der Waals surface area contributed by atoms with E-state index in [0.717, 1.165) is 11.1 Å². The first-order valence-electron chi connectivity index (χ1n) is 7.10. The highest BCUT2D eigenvalue weighted by Gasteiger charge is 2.17. The highest BCUT2D eigenvalue weighted by Crippen LogP contribution is 2.16. The van der Waals surface area contributed by atoms with Crippen molar-refractivity contribution in [2.24, 2.45) is 0 Å². The SMILES string of the molecule is Cc1cc(C)cc(OCC(=O)NNC(=O)c2c(C)noc2C)c1. The van der Waals surface area contributed by atoms with Crippen LogP contribution in [0.4, 0.5) is 0 Å². The predicted octanol–water partition coefficient (Wildman–Crippen LogP) is 1.75. The second-order valence-electron chi connectivity index (χ2n) is 5.31. The van der Waals surface area contributed by atoms with Gasteiger partial charge in [0.15, 0.2) is 6.61 Å². The van der Waals surface area contributed by atoms with E-state index < -0.39 is 11.8 Å². The quantitative estimate of drug-likeness (QED) is 0.838. The fourth-order valence-corrected chi connectivity index (χ4v) is 2.20. The number of rotatable bonds is 4. The van der Waals surface area contributed by atoms with E-state index in [2.05, 4.69) is 16.0 Å². The minimum absolute atomic E-state index is 0.204. The third-order valence-corrected chi connectivity index (χ3v) is 3.14. The molecule has 0 atom stereocenters. The molecular formula is C16H19N3O4. The summed E-state index contributed by atoms with van der Waals surface area (Å²) in [5.74, 6) is 0.0423. The van der Waals surface area contributed by atoms with E-state index in [9.17, 15) is 9.59 Å². The van der Waals surface area contributed by atoms with E-state index in [1.165, 1.54) is 0 Å². The zero-order chi connectivity index (χ0) is 17.0. The van der Waals surface area contributed by atoms with E-state index in [1.807, 2.05) is 32.0 Å². The van der Waals surface area contributed by atoms with Crippen molar-refractivity contribution in [1.29, 1.82) is 0 Å². The van der Waals surface area contributed by atoms with Gasteiger partial charge in [-0.15, -0.1) is 0 Å². The van der Waals surface area contributed by atoms with Crippen molar-refractivity contribution in [3.05, 3.63) is 46.3 Å². The first-order valence-corrected chi connectivity index (χ1v) is 7.10. The predicted molar refractivity (Wildman–Crippen MR) is 83.0 cm³/mol. The van der Waals surface area contributed by atoms with E-state index in [1.54, 1.807) is 13.8 Å². The van der Waals surface area contributed by atoms with Gasteiger partial charge in [0.1, 0.15) is 17.1 Å². The first-order chi connectivity index (χ1) is 10.9. The summed E-state index contributed by atoms with van der Waals surface area (Å²) >= 11 is 0. The van der Waals surface area contributed by atoms with Crippen LogP contribution in [0.25, 0.3) is 0 Å². The number of nitrogens with zero attached hydrogens (tertiary/aromatic N) is 1. The van der Waals surface area contributed by atoms with E-state index in [4.69, 9.17) is 9.26 Å². The average Bonchev–Trinajstić information content (AvgIpc) is 2.81. The maximum atomic E-state index is 11.9. The molecule has 0 aliphatic rings. The van der Waals surface area contributed by atoms with Gasteiger partial charge in [0.25, 0.3) is 11.8 Å². The van der Waals surface area contributed by atoms with Gasteiger partial charge in [-0.2, -0.15) is 0 Å². The third kappa shape index (κ3) is 4.32. The Bertz CT molecular complexity index is 697. The first kappa shape index (κ1) is 16.5. The van der Waals surface area contributed by atoms with Crippen LogP contribution in [0.2, 0.25) is 0 Å². The lowest BCUT2D eigenvalue weighted by Crippen LogP contribution is -2.44. The van der Waals surface area contributed by atoms with Crippen LogP contribution in [-0.4, -0.2) is 23.6 Å². The number of nitrogens with one attached hydrogen (secondary N) is 2. The van der Waals surface area contributed by atoms with Gasteiger partial charge >= 0.3 is 0 Å². The third-order valence-electron chi connectivity index (χ3n) is 3.14. The molecule has 1 aromatic heterocycles. The minimum Gasteiger partial charge on any atom is -0.484 e. The van der Waals surface area contributed by atoms with Crippen LogP contribution in [0.1, 0.15) is 32.9 Å². The molecule has 1 heterocycles. The Kier molecular flexibility index (Phi) is 5.00. The summed E-state index contributed by atoms with van der Waals surface area (Å²) in [4.78, 5) is 23.7. The Morgan fingerprint density at radius 3 is 2.30 bits per heavy atom. The van der Waals surface area contributed by atoms with Crippen molar-refractivity contribution in [3.63, 3.8) is 0 Å². The molecule has 2 rings (SSSR count). The number of carbonyl (C=O) groups is 2. The number of carbonyl (C=O) groups excluding carboxylic acids is 2. The van der Waals surface area contributed by atoms with Crippen LogP contribution < -0.4 is 15.6 Å². The summed E-state index contributed by atoms with van der Waals surface area (Å²) in [5.41, 5.74) is 7.46. The number of hydrogen-bond acceptors (Lipinski definition) is 5. The van der Waals surface area contributed by atoms with E-state index >= 15 is 0 Å². The van der Waals surface area contributed by atoms with Gasteiger partial charge < -0.3 is 9.26 Å². The average molecular weight is 317 g/mol. The standard InChI is InChI=1S/C16H19N3O4/c1-9-5-10(2)7-13(6-9)22-8-14(20)17-18-16(21)15-11(3)19-23-12(15)4/h5-7H,8H2,1-4H3,(H,17,20)(H,18,21). The number of ether oxygens (including phenoxy) is 1. The number of hydrazine groups is 1. The van der Waals surface area contributed by atoms with Gasteiger partial charge in [-0.05, 0) is 51.0 Å². The molecule has 0 aliphatic heterocycles. The number of amides is 2. The number of aryl methyl sites for hydroxylation is 4. The highest BCUT2D eigenvalue weighted by atomic mass is 16.5. The Hall–Kier alpha value is -2.83. The molecule has 2 N–H and O–H groups in total. The van der Waals surface area contributed by atoms with Gasteiger partial charge in [-0.1, -0.05) is 11.2 Å². The molecule has 7 nitrogen and oxygen atoms in total. The molecule has 2 aromatic rings. The largest absolute Gasteiger partial charge is 0.484 e. The molecule has 122 valence electrons. The number of benzene rings is 1. The summed E-state index contributed by atoms with van der Waals surface area (Å²) in [6, 6.07) is 5.68. The van der Waals surface area contributed by atoms with Crippen LogP contribution >= 0.6 is 0 Å². The van der Waals surface area contributed by atoms with Gasteiger partial charge in [-0.25, -0.2) is 0 Å². The van der Waals surface area contributed by atoms with Crippen molar-refractivity contribution in [3.8, 4) is 5.75 Å². The second-order valence-corrected chi connectivity index (χ2v) is 5.31. The molecule has 23 heavy (non-hydrogen) atoms. The van der Waals surface area contributed by atoms with Crippen LogP contribution in [-0.2, 0) is 4.79 Å². The van der Waals surface area contributed by atoms with Crippen LogP contribution in [0.15, 0.2) is 22.7 Å². The van der Waals surface area contributed by atoms with Crippen molar-refractivity contribution in [2.45, 2.75) is 27.7 Å². The Balaban J connectivity index is 1.84. The molecule has 0 bridgehead atoms. The lowest BCUT2D eigenvalue weighted by molar-refractivity contribution is -0.123. The zero-order valence-corrected chi connectivity index (χ0v) is 13.5. The van der Waals surface area contributed by atoms with Crippen LogP contribution in [0.5, 0.6) is 5.75 Å². The second kappa shape index (κ2) is 6.95. The van der Waals surface area contributed by atoms with Crippen molar-refractivity contribution in [2.75, 3.05) is 6.61 Å². The highest BCUT2D eigenvalue weighted by molar-refractivity contribution is 5.97. The molecule has 0 fully saturated rings. The molecular weight excluding hydrogens is 298 g/mol. The van der Waals surface area contributed by atoms with Crippen LogP contribution in [0, 0.1) is 27.7 Å². The maximum Gasteiger partial charge on any atom is 0.276 e. The summed E-state index contributed by atoms with van der Waals surface area (Å²) in [7, 11) is 0. The summed E-state index contributed by atoms with van der Waals surface area (Å²) < 4.78 is 10.3. The number of aromatic nitrogens is 1. The minimum atomic E-state index is -0.485. The Labute approximate surface area is 134 Å². The fourth-order valence-electron chi connectivity index (χ4n) is 2.20. The summed E-state index contributed by atoms with van der Waals surface area (Å²) in [6.07, 6.45) is 0. The normalized spacial score (nSPS) is 10.3. The van der Waals surface area contributed by atoms with E-state index in [0.29, 0.717) is 22.8 Å². The van der Waals surface area contributed by atoms with E-state index in [-0.39, 0.29) is 6.61 Å².